The van der Waals surface area contributed by atoms with Crippen LogP contribution in [0.1, 0.15) is 104 Å². The minimum absolute atomic E-state index is 0.0204. The van der Waals surface area contributed by atoms with Gasteiger partial charge in [-0.15, -0.1) is 0 Å². The first-order valence-electron chi connectivity index (χ1n) is 28.4. The summed E-state index contributed by atoms with van der Waals surface area (Å²) in [5.74, 6) is 1.71. The molecule has 0 aromatic heterocycles. The van der Waals surface area contributed by atoms with Gasteiger partial charge in [0, 0.05) is 171 Å². The summed E-state index contributed by atoms with van der Waals surface area (Å²) in [6.45, 7) is 16.8. The fourth-order valence-electron chi connectivity index (χ4n) is 8.45. The van der Waals surface area contributed by atoms with Crippen molar-refractivity contribution in [3.63, 3.8) is 0 Å². The summed E-state index contributed by atoms with van der Waals surface area (Å²) >= 11 is 0. The Labute approximate surface area is 466 Å². The number of likely N-dealkylation sites (N-methyl/N-ethyl adjacent to an activating group) is 6. The average Bonchev–Trinajstić information content (AvgIpc) is 4.01. The van der Waals surface area contributed by atoms with Gasteiger partial charge in [-0.05, 0) is 38.5 Å². The number of carbonyl (C=O) groups excluding carboxylic acids is 5. The van der Waals surface area contributed by atoms with Crippen molar-refractivity contribution in [2.45, 2.75) is 115 Å². The average molecular weight is 1130 g/mol. The Kier molecular flexibility index (Phi) is 31.6. The Bertz CT molecular complexity index is 1790. The van der Waals surface area contributed by atoms with Gasteiger partial charge >= 0.3 is 0 Å². The van der Waals surface area contributed by atoms with Crippen LogP contribution in [0.3, 0.4) is 0 Å². The van der Waals surface area contributed by atoms with Crippen molar-refractivity contribution in [2.24, 2.45) is 15.0 Å². The predicted molar refractivity (Wildman–Crippen MR) is 307 cm³/mol. The van der Waals surface area contributed by atoms with Crippen LogP contribution in [0.4, 0.5) is 0 Å². The monoisotopic (exact) mass is 1120 g/mol. The number of nitrogens with one attached hydrogen (secondary N) is 5. The molecule has 3 rings (SSSR count). The molecule has 3 aliphatic heterocycles. The van der Waals surface area contributed by atoms with Crippen molar-refractivity contribution < 1.29 is 47.3 Å². The first kappa shape index (κ1) is 67.5. The lowest BCUT2D eigenvalue weighted by atomic mass is 10.0. The van der Waals surface area contributed by atoms with Crippen LogP contribution in [0.15, 0.2) is 15.0 Å². The fraction of sp³-hybridized carbons (Fsp3) is 0.849. The second kappa shape index (κ2) is 36.5. The molecule has 0 bridgehead atoms. The SMILES string of the molecule is CN1CCN(C)C1=NCCCNC(=O)CCOCC(COCCC(=O)NCCCN=C1N(C)CCN1C)(COCCC(=O)NCCCN=C1N(C)CCN1C)NC(=O)CCCC(=O)NCCCCCCOP(C)(=O)C(C)(C)C. The molecular formula is C53H101N14O10P. The maximum absolute atomic E-state index is 13.8. The standard InChI is InChI=1S/C53H101N14O10P/c1-52(2,3)78(10,73)77-37-14-12-11-13-24-54-44(68)19-15-20-48(72)61-53(41-74-38-21-45(69)55-25-16-28-58-49-62(4)31-32-63(49)5,42-75-39-22-46(70)56-26-17-29-59-50-64(6)33-34-65(50)7)43-76-40-23-47(71)57-27-18-30-60-51-66(8)35-36-67(51)9/h11-43H2,1-10H3,(H,54,68)(H,55,69)(H,56,70)(H,57,71)(H,61,72). The van der Waals surface area contributed by atoms with Gasteiger partial charge in [0.05, 0.1) is 46.2 Å². The van der Waals surface area contributed by atoms with Gasteiger partial charge < -0.3 is 74.7 Å². The van der Waals surface area contributed by atoms with E-state index in [0.29, 0.717) is 71.7 Å². The van der Waals surface area contributed by atoms with E-state index in [9.17, 15) is 28.5 Å². The van der Waals surface area contributed by atoms with E-state index in [2.05, 4.69) is 71.0 Å². The topological polar surface area (TPSA) is 256 Å². The summed E-state index contributed by atoms with van der Waals surface area (Å²) in [4.78, 5) is 91.8. The molecule has 0 saturated carbocycles. The molecular weight excluding hydrogens is 1020 g/mol. The van der Waals surface area contributed by atoms with Crippen molar-refractivity contribution in [3.8, 4) is 0 Å². The van der Waals surface area contributed by atoms with Gasteiger partial charge in [0.25, 0.3) is 0 Å². The Morgan fingerprint density at radius 1 is 0.449 bits per heavy atom. The number of amides is 5. The summed E-state index contributed by atoms with van der Waals surface area (Å²) in [7, 11) is 9.37. The lowest BCUT2D eigenvalue weighted by molar-refractivity contribution is -0.131. The molecule has 25 heteroatoms. The summed E-state index contributed by atoms with van der Waals surface area (Å²) in [5.41, 5.74) is -1.28. The summed E-state index contributed by atoms with van der Waals surface area (Å²) in [6.07, 6.45) is 6.00. The maximum Gasteiger partial charge on any atom is 0.222 e. The van der Waals surface area contributed by atoms with E-state index in [0.717, 1.165) is 82.8 Å². The minimum atomic E-state index is -2.70. The third-order valence-electron chi connectivity index (χ3n) is 13.8. The molecule has 5 amide bonds. The van der Waals surface area contributed by atoms with Crippen LogP contribution in [0.25, 0.3) is 0 Å². The highest BCUT2D eigenvalue weighted by Gasteiger charge is 2.35. The first-order valence-corrected chi connectivity index (χ1v) is 30.4. The van der Waals surface area contributed by atoms with Crippen LogP contribution in [-0.4, -0.2) is 268 Å². The van der Waals surface area contributed by atoms with Gasteiger partial charge in [-0.25, -0.2) is 0 Å². The molecule has 3 heterocycles. The maximum atomic E-state index is 13.8. The van der Waals surface area contributed by atoms with Crippen molar-refractivity contribution in [3.05, 3.63) is 0 Å². The third-order valence-corrected chi connectivity index (χ3v) is 16.9. The highest BCUT2D eigenvalue weighted by atomic mass is 31.2. The third kappa shape index (κ3) is 26.9. The molecule has 0 spiro atoms. The van der Waals surface area contributed by atoms with Crippen LogP contribution in [0.5, 0.6) is 0 Å². The quantitative estimate of drug-likeness (QED) is 0.0434. The molecule has 0 aromatic rings. The molecule has 0 radical (unpaired) electrons. The van der Waals surface area contributed by atoms with Gasteiger partial charge in [0.1, 0.15) is 5.54 Å². The summed E-state index contributed by atoms with van der Waals surface area (Å²) in [5, 5.41) is 14.4. The molecule has 0 aromatic carbocycles. The highest BCUT2D eigenvalue weighted by molar-refractivity contribution is 7.59. The molecule has 3 saturated heterocycles. The zero-order valence-electron chi connectivity index (χ0n) is 49.4. The van der Waals surface area contributed by atoms with E-state index in [-0.39, 0.29) is 108 Å². The van der Waals surface area contributed by atoms with Gasteiger partial charge in [-0.3, -0.25) is 43.5 Å². The number of rotatable bonds is 40. The Morgan fingerprint density at radius 2 is 0.769 bits per heavy atom. The van der Waals surface area contributed by atoms with Gasteiger partial charge in [0.2, 0.25) is 36.9 Å². The second-order valence-corrected chi connectivity index (χ2v) is 25.2. The van der Waals surface area contributed by atoms with E-state index in [1.54, 1.807) is 6.66 Å². The number of ether oxygens (including phenoxy) is 3. The lowest BCUT2D eigenvalue weighted by Gasteiger charge is -2.34. The van der Waals surface area contributed by atoms with Crippen LogP contribution in [-0.2, 0) is 47.3 Å². The Hall–Kier alpha value is -4.77. The summed E-state index contributed by atoms with van der Waals surface area (Å²) < 4.78 is 36.8. The van der Waals surface area contributed by atoms with E-state index >= 15 is 0 Å². The van der Waals surface area contributed by atoms with E-state index in [4.69, 9.17) is 18.7 Å². The van der Waals surface area contributed by atoms with E-state index in [1.807, 2.05) is 63.1 Å². The molecule has 3 fully saturated rings. The van der Waals surface area contributed by atoms with Crippen LogP contribution in [0, 0.1) is 0 Å². The number of carbonyl (C=O) groups is 5. The number of hydrogen-bond donors (Lipinski definition) is 5. The van der Waals surface area contributed by atoms with Gasteiger partial charge in [-0.1, -0.05) is 33.6 Å². The zero-order valence-corrected chi connectivity index (χ0v) is 50.3. The molecule has 1 atom stereocenters. The molecule has 5 N–H and O–H groups in total. The lowest BCUT2D eigenvalue weighted by Crippen LogP contribution is -2.58. The van der Waals surface area contributed by atoms with E-state index in [1.165, 1.54) is 0 Å². The summed E-state index contributed by atoms with van der Waals surface area (Å²) in [6, 6.07) is 0. The van der Waals surface area contributed by atoms with E-state index < -0.39 is 18.1 Å². The van der Waals surface area contributed by atoms with Crippen molar-refractivity contribution >= 4 is 54.8 Å². The molecule has 448 valence electrons. The minimum Gasteiger partial charge on any atom is -0.378 e. The second-order valence-electron chi connectivity index (χ2n) is 21.9. The number of unbranched alkanes of at least 4 members (excludes halogenated alkanes) is 3. The Morgan fingerprint density at radius 3 is 1.13 bits per heavy atom. The molecule has 78 heavy (non-hydrogen) atoms. The van der Waals surface area contributed by atoms with Crippen LogP contribution in [0.2, 0.25) is 0 Å². The largest absolute Gasteiger partial charge is 0.378 e. The Balaban J connectivity index is 1.58. The molecule has 0 aliphatic carbocycles. The number of guanidine groups is 3. The van der Waals surface area contributed by atoms with Crippen molar-refractivity contribution in [2.75, 3.05) is 180 Å². The van der Waals surface area contributed by atoms with Gasteiger partial charge in [0.15, 0.2) is 17.9 Å². The number of nitrogens with zero attached hydrogens (tertiary/aromatic N) is 9. The smallest absolute Gasteiger partial charge is 0.222 e. The highest BCUT2D eigenvalue weighted by Crippen LogP contribution is 2.55. The molecule has 24 nitrogen and oxygen atoms in total. The predicted octanol–water partition coefficient (Wildman–Crippen LogP) is 1.85. The molecule has 1 unspecified atom stereocenters. The zero-order chi connectivity index (χ0) is 57.4. The van der Waals surface area contributed by atoms with Crippen LogP contribution >= 0.6 is 7.37 Å². The first-order chi connectivity index (χ1) is 37.1. The fourth-order valence-corrected chi connectivity index (χ4v) is 9.31. The van der Waals surface area contributed by atoms with Gasteiger partial charge in [-0.2, -0.15) is 0 Å². The number of aliphatic imine (C=N–C) groups is 3. The van der Waals surface area contributed by atoms with Crippen LogP contribution < -0.4 is 26.6 Å². The van der Waals surface area contributed by atoms with Crippen molar-refractivity contribution in [1.82, 2.24) is 56.0 Å². The van der Waals surface area contributed by atoms with Crippen molar-refractivity contribution in [1.29, 1.82) is 0 Å². The molecule has 3 aliphatic rings. The number of hydrogen-bond acceptors (Lipinski definition) is 13. The normalized spacial score (nSPS) is 15.7.